The van der Waals surface area contributed by atoms with E-state index in [1.165, 1.54) is 25.3 Å². The van der Waals surface area contributed by atoms with Crippen LogP contribution in [0.15, 0.2) is 65.3 Å². The van der Waals surface area contributed by atoms with Gasteiger partial charge in [-0.3, -0.25) is 4.79 Å². The van der Waals surface area contributed by atoms with E-state index < -0.39 is 15.4 Å². The van der Waals surface area contributed by atoms with Crippen LogP contribution in [0.2, 0.25) is 5.02 Å². The Hall–Kier alpha value is -2.15. The largest absolute Gasteiger partial charge is 0.479 e. The van der Waals surface area contributed by atoms with Gasteiger partial charge in [-0.25, -0.2) is 8.42 Å². The van der Waals surface area contributed by atoms with E-state index in [0.717, 1.165) is 11.8 Å². The Morgan fingerprint density at radius 3 is 2.15 bits per heavy atom. The van der Waals surface area contributed by atoms with E-state index in [0.29, 0.717) is 16.3 Å². The maximum atomic E-state index is 12.5. The molecule has 1 unspecified atom stereocenters. The van der Waals surface area contributed by atoms with Crippen molar-refractivity contribution < 1.29 is 22.7 Å². The summed E-state index contributed by atoms with van der Waals surface area (Å²) in [4.78, 5) is 12.7. The van der Waals surface area contributed by atoms with Crippen LogP contribution in [-0.4, -0.2) is 34.2 Å². The molecule has 0 aliphatic carbocycles. The molecule has 0 saturated heterocycles. The normalized spacial score (nSPS) is 20.1. The molecule has 0 saturated carbocycles. The molecule has 0 aromatic heterocycles. The van der Waals surface area contributed by atoms with Crippen LogP contribution < -0.4 is 0 Å². The third kappa shape index (κ3) is 4.08. The summed E-state index contributed by atoms with van der Waals surface area (Å²) in [6.45, 7) is 0.155. The lowest BCUT2D eigenvalue weighted by molar-refractivity contribution is -0.122. The van der Waals surface area contributed by atoms with Gasteiger partial charge in [-0.05, 0) is 24.3 Å². The van der Waals surface area contributed by atoms with Crippen molar-refractivity contribution in [2.75, 3.05) is 20.0 Å². The van der Waals surface area contributed by atoms with Crippen molar-refractivity contribution in [2.24, 2.45) is 0 Å². The molecule has 5 nitrogen and oxygen atoms in total. The van der Waals surface area contributed by atoms with Crippen LogP contribution in [0.5, 0.6) is 0 Å². The number of methoxy groups -OCH3 is 1. The van der Waals surface area contributed by atoms with Gasteiger partial charge in [0, 0.05) is 35.6 Å². The van der Waals surface area contributed by atoms with Crippen molar-refractivity contribution in [1.29, 1.82) is 0 Å². The highest BCUT2D eigenvalue weighted by molar-refractivity contribution is 7.90. The standard InChI is InChI=1S/C20H19ClO5S/c1-25-13-18-11-17(22)12-20(26-18,14-3-7-16(21)8-4-14)15-5-9-19(10-6-15)27(2,23)24/h3-11H,12-13H2,1-2H3. The van der Waals surface area contributed by atoms with Crippen molar-refractivity contribution in [3.8, 4) is 0 Å². The first-order valence-corrected chi connectivity index (χ1v) is 10.5. The summed E-state index contributed by atoms with van der Waals surface area (Å²) in [5.74, 6) is 0.311. The van der Waals surface area contributed by atoms with Crippen molar-refractivity contribution >= 4 is 27.2 Å². The van der Waals surface area contributed by atoms with E-state index in [1.807, 2.05) is 0 Å². The summed E-state index contributed by atoms with van der Waals surface area (Å²) in [5, 5.41) is 0.566. The first kappa shape index (κ1) is 19.6. The highest BCUT2D eigenvalue weighted by atomic mass is 35.5. The molecule has 27 heavy (non-hydrogen) atoms. The zero-order valence-corrected chi connectivity index (χ0v) is 16.5. The number of sulfone groups is 1. The number of ketones is 1. The average molecular weight is 407 g/mol. The van der Waals surface area contributed by atoms with Gasteiger partial charge in [0.1, 0.15) is 12.4 Å². The fourth-order valence-corrected chi connectivity index (χ4v) is 3.91. The van der Waals surface area contributed by atoms with Crippen molar-refractivity contribution in [3.05, 3.63) is 76.5 Å². The van der Waals surface area contributed by atoms with Crippen LogP contribution in [0, 0.1) is 0 Å². The van der Waals surface area contributed by atoms with Crippen LogP contribution >= 0.6 is 11.6 Å². The lowest BCUT2D eigenvalue weighted by atomic mass is 9.80. The molecule has 1 aliphatic rings. The third-order valence-corrected chi connectivity index (χ3v) is 5.78. The molecule has 0 bridgehead atoms. The smallest absolute Gasteiger partial charge is 0.175 e. The van der Waals surface area contributed by atoms with E-state index in [9.17, 15) is 13.2 Å². The van der Waals surface area contributed by atoms with E-state index >= 15 is 0 Å². The monoisotopic (exact) mass is 406 g/mol. The molecule has 1 aliphatic heterocycles. The first-order valence-electron chi connectivity index (χ1n) is 8.22. The van der Waals surface area contributed by atoms with Gasteiger partial charge in [0.2, 0.25) is 0 Å². The average Bonchev–Trinajstić information content (AvgIpc) is 2.61. The number of rotatable bonds is 5. The fraction of sp³-hybridized carbons (Fsp3) is 0.250. The molecule has 2 aromatic carbocycles. The quantitative estimate of drug-likeness (QED) is 0.760. The molecular weight excluding hydrogens is 388 g/mol. The summed E-state index contributed by atoms with van der Waals surface area (Å²) in [6, 6.07) is 13.4. The first-order chi connectivity index (χ1) is 12.7. The Bertz CT molecular complexity index is 978. The molecule has 0 fully saturated rings. The van der Waals surface area contributed by atoms with Gasteiger partial charge < -0.3 is 9.47 Å². The summed E-state index contributed by atoms with van der Waals surface area (Å²) in [7, 11) is -1.81. The molecule has 3 rings (SSSR count). The lowest BCUT2D eigenvalue weighted by Gasteiger charge is -2.38. The predicted molar refractivity (Wildman–Crippen MR) is 102 cm³/mol. The molecular formula is C20H19ClO5S. The Morgan fingerprint density at radius 1 is 1.07 bits per heavy atom. The van der Waals surface area contributed by atoms with Gasteiger partial charge in [0.15, 0.2) is 21.2 Å². The van der Waals surface area contributed by atoms with Crippen molar-refractivity contribution in [2.45, 2.75) is 16.9 Å². The SMILES string of the molecule is COCC1=CC(=O)CC(c2ccc(Cl)cc2)(c2ccc(S(C)(=O)=O)cc2)O1. The van der Waals surface area contributed by atoms with Gasteiger partial charge in [0.05, 0.1) is 11.3 Å². The maximum Gasteiger partial charge on any atom is 0.175 e. The Balaban J connectivity index is 2.15. The molecule has 142 valence electrons. The topological polar surface area (TPSA) is 69.7 Å². The van der Waals surface area contributed by atoms with Crippen LogP contribution in [0.3, 0.4) is 0 Å². The maximum absolute atomic E-state index is 12.5. The minimum atomic E-state index is -3.33. The molecule has 1 atom stereocenters. The number of halogens is 1. The Kier molecular flexibility index (Phi) is 5.42. The zero-order chi connectivity index (χ0) is 19.7. The van der Waals surface area contributed by atoms with Crippen LogP contribution in [0.25, 0.3) is 0 Å². The number of hydrogen-bond donors (Lipinski definition) is 0. The molecule has 7 heteroatoms. The van der Waals surface area contributed by atoms with Gasteiger partial charge in [-0.15, -0.1) is 0 Å². The van der Waals surface area contributed by atoms with Gasteiger partial charge in [-0.1, -0.05) is 35.9 Å². The number of allylic oxidation sites excluding steroid dienone is 1. The number of carbonyl (C=O) groups is 1. The fourth-order valence-electron chi connectivity index (χ4n) is 3.16. The summed E-state index contributed by atoms with van der Waals surface area (Å²) in [5.41, 5.74) is 0.335. The van der Waals surface area contributed by atoms with E-state index in [4.69, 9.17) is 21.1 Å². The molecule has 1 heterocycles. The zero-order valence-electron chi connectivity index (χ0n) is 14.9. The summed E-state index contributed by atoms with van der Waals surface area (Å²) in [6.07, 6.45) is 2.67. The Labute approximate surface area is 163 Å². The second-order valence-corrected chi connectivity index (χ2v) is 8.87. The molecule has 0 N–H and O–H groups in total. The van der Waals surface area contributed by atoms with Gasteiger partial charge in [-0.2, -0.15) is 0 Å². The van der Waals surface area contributed by atoms with Crippen LogP contribution in [0.4, 0.5) is 0 Å². The van der Waals surface area contributed by atoms with E-state index in [2.05, 4.69) is 0 Å². The van der Waals surface area contributed by atoms with Crippen molar-refractivity contribution in [1.82, 2.24) is 0 Å². The number of hydrogen-bond acceptors (Lipinski definition) is 5. The minimum Gasteiger partial charge on any atom is -0.479 e. The highest BCUT2D eigenvalue weighted by Crippen LogP contribution is 2.42. The number of benzene rings is 2. The third-order valence-electron chi connectivity index (χ3n) is 4.40. The molecule has 0 radical (unpaired) electrons. The second kappa shape index (κ2) is 7.46. The molecule has 0 spiro atoms. The molecule has 2 aromatic rings. The number of ether oxygens (including phenoxy) is 2. The summed E-state index contributed by atoms with van der Waals surface area (Å²) < 4.78 is 34.9. The second-order valence-electron chi connectivity index (χ2n) is 6.42. The minimum absolute atomic E-state index is 0.0834. The van der Waals surface area contributed by atoms with E-state index in [-0.39, 0.29) is 23.7 Å². The Morgan fingerprint density at radius 2 is 1.63 bits per heavy atom. The highest BCUT2D eigenvalue weighted by Gasteiger charge is 2.42. The van der Waals surface area contributed by atoms with Crippen molar-refractivity contribution in [3.63, 3.8) is 0 Å². The van der Waals surface area contributed by atoms with Gasteiger partial charge in [0.25, 0.3) is 0 Å². The van der Waals surface area contributed by atoms with Crippen LogP contribution in [0.1, 0.15) is 17.5 Å². The van der Waals surface area contributed by atoms with Crippen LogP contribution in [-0.2, 0) is 29.7 Å². The molecule has 0 amide bonds. The number of carbonyl (C=O) groups excluding carboxylic acids is 1. The predicted octanol–water partition coefficient (Wildman–Crippen LogP) is 3.51. The van der Waals surface area contributed by atoms with E-state index in [1.54, 1.807) is 36.4 Å². The summed E-state index contributed by atoms with van der Waals surface area (Å²) >= 11 is 6.01. The lowest BCUT2D eigenvalue weighted by Crippen LogP contribution is -2.37. The van der Waals surface area contributed by atoms with Gasteiger partial charge >= 0.3 is 0 Å².